The van der Waals surface area contributed by atoms with Crippen molar-refractivity contribution in [3.63, 3.8) is 0 Å². The van der Waals surface area contributed by atoms with Gasteiger partial charge in [0.15, 0.2) is 0 Å². The predicted molar refractivity (Wildman–Crippen MR) is 82.4 cm³/mol. The maximum Gasteiger partial charge on any atom is 0.0584 e. The average molecular weight is 270 g/mol. The minimum atomic E-state index is 0.261. The summed E-state index contributed by atoms with van der Waals surface area (Å²) in [6, 6.07) is 0.795. The summed E-state index contributed by atoms with van der Waals surface area (Å²) >= 11 is 0. The lowest BCUT2D eigenvalue weighted by molar-refractivity contribution is 0.144. The highest BCUT2D eigenvalue weighted by Crippen LogP contribution is 2.21. The van der Waals surface area contributed by atoms with Crippen molar-refractivity contribution in [3.8, 4) is 0 Å². The molecule has 3 heteroatoms. The van der Waals surface area contributed by atoms with Crippen LogP contribution in [0.1, 0.15) is 53.4 Å². The molecular weight excluding hydrogens is 236 g/mol. The molecule has 1 aliphatic rings. The summed E-state index contributed by atoms with van der Waals surface area (Å²) in [6.45, 7) is 13.0. The molecule has 3 nitrogen and oxygen atoms in total. The summed E-state index contributed by atoms with van der Waals surface area (Å²) in [5.41, 5.74) is 0. The van der Waals surface area contributed by atoms with Crippen LogP contribution in [0.25, 0.3) is 0 Å². The van der Waals surface area contributed by atoms with Crippen molar-refractivity contribution in [2.45, 2.75) is 65.5 Å². The summed E-state index contributed by atoms with van der Waals surface area (Å²) in [5, 5.41) is 13.1. The lowest BCUT2D eigenvalue weighted by atomic mass is 9.89. The highest BCUT2D eigenvalue weighted by Gasteiger charge is 2.25. The molecule has 0 saturated carbocycles. The Hall–Kier alpha value is -0.120. The second-order valence-electron chi connectivity index (χ2n) is 6.64. The van der Waals surface area contributed by atoms with Crippen LogP contribution in [0, 0.1) is 11.8 Å². The molecule has 0 radical (unpaired) electrons. The summed E-state index contributed by atoms with van der Waals surface area (Å²) < 4.78 is 0. The Morgan fingerprint density at radius 3 is 2.32 bits per heavy atom. The maximum atomic E-state index is 9.46. The fraction of sp³-hybridized carbons (Fsp3) is 1.00. The van der Waals surface area contributed by atoms with Crippen LogP contribution in [0.2, 0.25) is 0 Å². The summed E-state index contributed by atoms with van der Waals surface area (Å²) in [4.78, 5) is 2.58. The predicted octanol–water partition coefficient (Wildman–Crippen LogP) is 2.49. The number of nitrogens with zero attached hydrogens (tertiary/aromatic N) is 1. The second-order valence-corrected chi connectivity index (χ2v) is 6.64. The Morgan fingerprint density at radius 1 is 1.21 bits per heavy atom. The monoisotopic (exact) mass is 270 g/mol. The van der Waals surface area contributed by atoms with E-state index in [9.17, 15) is 5.11 Å². The summed E-state index contributed by atoms with van der Waals surface area (Å²) in [5.74, 6) is 1.41. The first-order chi connectivity index (χ1) is 9.06. The maximum absolute atomic E-state index is 9.46. The average Bonchev–Trinajstić information content (AvgIpc) is 2.38. The zero-order chi connectivity index (χ0) is 14.3. The van der Waals surface area contributed by atoms with Crippen LogP contribution < -0.4 is 5.32 Å². The zero-order valence-electron chi connectivity index (χ0n) is 13.4. The van der Waals surface area contributed by atoms with Gasteiger partial charge < -0.3 is 15.3 Å². The van der Waals surface area contributed by atoms with Gasteiger partial charge in [0.1, 0.15) is 0 Å². The van der Waals surface area contributed by atoms with Gasteiger partial charge in [-0.15, -0.1) is 0 Å². The van der Waals surface area contributed by atoms with E-state index in [-0.39, 0.29) is 12.6 Å². The largest absolute Gasteiger partial charge is 0.395 e. The second kappa shape index (κ2) is 8.93. The van der Waals surface area contributed by atoms with Crippen LogP contribution in [-0.2, 0) is 0 Å². The Bertz CT molecular complexity index is 225. The molecule has 0 bridgehead atoms. The van der Waals surface area contributed by atoms with Crippen LogP contribution in [0.3, 0.4) is 0 Å². The third kappa shape index (κ3) is 6.24. The number of aliphatic hydroxyl groups excluding tert-OH is 1. The third-order valence-electron chi connectivity index (χ3n) is 4.35. The summed E-state index contributed by atoms with van der Waals surface area (Å²) in [7, 11) is 0. The first kappa shape index (κ1) is 16.9. The lowest BCUT2D eigenvalue weighted by Gasteiger charge is -2.36. The molecule has 1 saturated heterocycles. The topological polar surface area (TPSA) is 35.5 Å². The Labute approximate surface area is 119 Å². The molecule has 2 N–H and O–H groups in total. The van der Waals surface area contributed by atoms with Gasteiger partial charge >= 0.3 is 0 Å². The number of aliphatic hydroxyl groups is 1. The molecule has 1 rings (SSSR count). The van der Waals surface area contributed by atoms with Gasteiger partial charge in [0.2, 0.25) is 0 Å². The van der Waals surface area contributed by atoms with Crippen molar-refractivity contribution >= 4 is 0 Å². The molecule has 1 aliphatic heterocycles. The van der Waals surface area contributed by atoms with Gasteiger partial charge in [-0.3, -0.25) is 0 Å². The molecule has 2 unspecified atom stereocenters. The standard InChI is InChI=1S/C16H34N2O/c1-5-8-18-9-6-15(7-10-18)14(4)17-16(12-19)11-13(2)3/h13-17,19H,5-12H2,1-4H3. The highest BCUT2D eigenvalue weighted by molar-refractivity contribution is 4.82. The van der Waals surface area contributed by atoms with Gasteiger partial charge in [0.25, 0.3) is 0 Å². The molecule has 2 atom stereocenters. The third-order valence-corrected chi connectivity index (χ3v) is 4.35. The van der Waals surface area contributed by atoms with Crippen LogP contribution in [-0.4, -0.2) is 48.3 Å². The van der Waals surface area contributed by atoms with Crippen molar-refractivity contribution in [1.82, 2.24) is 10.2 Å². The van der Waals surface area contributed by atoms with E-state index in [4.69, 9.17) is 0 Å². The van der Waals surface area contributed by atoms with E-state index in [2.05, 4.69) is 37.9 Å². The molecule has 19 heavy (non-hydrogen) atoms. The quantitative estimate of drug-likeness (QED) is 0.711. The SMILES string of the molecule is CCCN1CCC(C(C)NC(CO)CC(C)C)CC1. The molecule has 0 aromatic rings. The van der Waals surface area contributed by atoms with Crippen molar-refractivity contribution in [3.05, 3.63) is 0 Å². The number of piperidine rings is 1. The minimum Gasteiger partial charge on any atom is -0.395 e. The number of hydrogen-bond donors (Lipinski definition) is 2. The molecule has 0 amide bonds. The lowest BCUT2D eigenvalue weighted by Crippen LogP contribution is -2.47. The molecular formula is C16H34N2O. The van der Waals surface area contributed by atoms with Crippen LogP contribution in [0.4, 0.5) is 0 Å². The molecule has 0 aliphatic carbocycles. The van der Waals surface area contributed by atoms with Crippen LogP contribution >= 0.6 is 0 Å². The normalized spacial score (nSPS) is 21.8. The van der Waals surface area contributed by atoms with Crippen molar-refractivity contribution < 1.29 is 5.11 Å². The molecule has 1 fully saturated rings. The number of nitrogens with one attached hydrogen (secondary N) is 1. The zero-order valence-corrected chi connectivity index (χ0v) is 13.4. The fourth-order valence-corrected chi connectivity index (χ4v) is 3.26. The Morgan fingerprint density at radius 2 is 1.84 bits per heavy atom. The van der Waals surface area contributed by atoms with Crippen molar-refractivity contribution in [1.29, 1.82) is 0 Å². The number of likely N-dealkylation sites (tertiary alicyclic amines) is 1. The van der Waals surface area contributed by atoms with Gasteiger partial charge in [-0.05, 0) is 64.1 Å². The smallest absolute Gasteiger partial charge is 0.0584 e. The van der Waals surface area contributed by atoms with Crippen molar-refractivity contribution in [2.75, 3.05) is 26.2 Å². The van der Waals surface area contributed by atoms with Gasteiger partial charge in [-0.25, -0.2) is 0 Å². The highest BCUT2D eigenvalue weighted by atomic mass is 16.3. The van der Waals surface area contributed by atoms with E-state index in [1.807, 2.05) is 0 Å². The van der Waals surface area contributed by atoms with Crippen LogP contribution in [0.5, 0.6) is 0 Å². The molecule has 0 aromatic heterocycles. The Kier molecular flexibility index (Phi) is 7.96. The van der Waals surface area contributed by atoms with E-state index in [1.54, 1.807) is 0 Å². The van der Waals surface area contributed by atoms with E-state index in [0.717, 1.165) is 12.3 Å². The molecule has 114 valence electrons. The molecule has 0 aromatic carbocycles. The first-order valence-corrected chi connectivity index (χ1v) is 8.16. The van der Waals surface area contributed by atoms with E-state index in [1.165, 1.54) is 38.9 Å². The van der Waals surface area contributed by atoms with Gasteiger partial charge in [-0.2, -0.15) is 0 Å². The number of hydrogen-bond acceptors (Lipinski definition) is 3. The van der Waals surface area contributed by atoms with Gasteiger partial charge in [-0.1, -0.05) is 20.8 Å². The van der Waals surface area contributed by atoms with Gasteiger partial charge in [0.05, 0.1) is 6.61 Å². The molecule has 1 heterocycles. The molecule has 0 spiro atoms. The fourth-order valence-electron chi connectivity index (χ4n) is 3.26. The number of rotatable bonds is 8. The minimum absolute atomic E-state index is 0.261. The van der Waals surface area contributed by atoms with E-state index in [0.29, 0.717) is 12.0 Å². The summed E-state index contributed by atoms with van der Waals surface area (Å²) in [6.07, 6.45) is 4.93. The van der Waals surface area contributed by atoms with Crippen LogP contribution in [0.15, 0.2) is 0 Å². The van der Waals surface area contributed by atoms with Crippen molar-refractivity contribution in [2.24, 2.45) is 11.8 Å². The van der Waals surface area contributed by atoms with E-state index < -0.39 is 0 Å². The van der Waals surface area contributed by atoms with Gasteiger partial charge in [0, 0.05) is 12.1 Å². The first-order valence-electron chi connectivity index (χ1n) is 8.16. The van der Waals surface area contributed by atoms with E-state index >= 15 is 0 Å². The Balaban J connectivity index is 2.31.